The molecule has 0 fully saturated rings. The highest BCUT2D eigenvalue weighted by Crippen LogP contribution is 2.35. The molecule has 0 aliphatic carbocycles. The van der Waals surface area contributed by atoms with E-state index in [0.29, 0.717) is 22.9 Å². The lowest BCUT2D eigenvalue weighted by molar-refractivity contribution is -0.141. The third-order valence-corrected chi connectivity index (χ3v) is 4.45. The zero-order valence-corrected chi connectivity index (χ0v) is 15.6. The molecule has 2 atom stereocenters. The number of phenols is 1. The Balaban J connectivity index is 3.00. The summed E-state index contributed by atoms with van der Waals surface area (Å²) in [6.07, 6.45) is -0.0807. The van der Waals surface area contributed by atoms with Gasteiger partial charge in [-0.05, 0) is 72.7 Å². The highest BCUT2D eigenvalue weighted by Gasteiger charge is 2.28. The maximum absolute atomic E-state index is 10.9. The molecule has 6 heteroatoms. The Labute approximate surface area is 145 Å². The van der Waals surface area contributed by atoms with Gasteiger partial charge >= 0.3 is 5.97 Å². The van der Waals surface area contributed by atoms with E-state index in [2.05, 4.69) is 15.9 Å². The summed E-state index contributed by atoms with van der Waals surface area (Å²) in [4.78, 5) is 10.9. The number of aryl methyl sites for hydroxylation is 1. The van der Waals surface area contributed by atoms with E-state index < -0.39 is 11.7 Å². The van der Waals surface area contributed by atoms with Gasteiger partial charge in [0.1, 0.15) is 5.75 Å². The van der Waals surface area contributed by atoms with E-state index in [0.717, 1.165) is 5.56 Å². The number of hydrogen-bond donors (Lipinski definition) is 3. The van der Waals surface area contributed by atoms with Crippen LogP contribution < -0.4 is 0 Å². The molecule has 0 saturated carbocycles. The van der Waals surface area contributed by atoms with Crippen LogP contribution in [0.5, 0.6) is 5.75 Å². The summed E-state index contributed by atoms with van der Waals surface area (Å²) in [6.45, 7) is 6.48. The van der Waals surface area contributed by atoms with Crippen molar-refractivity contribution in [1.29, 1.82) is 0 Å². The van der Waals surface area contributed by atoms with Gasteiger partial charge in [-0.1, -0.05) is 6.07 Å². The van der Waals surface area contributed by atoms with Crippen molar-refractivity contribution in [3.63, 3.8) is 0 Å². The third kappa shape index (κ3) is 6.12. The van der Waals surface area contributed by atoms with E-state index in [1.807, 2.05) is 6.07 Å². The second kappa shape index (κ2) is 8.13. The number of ether oxygens (including phenoxy) is 1. The molecule has 1 rings (SSSR count). The molecule has 0 aliphatic rings. The summed E-state index contributed by atoms with van der Waals surface area (Å²) in [6, 6.07) is 3.63. The number of halogens is 1. The van der Waals surface area contributed by atoms with Gasteiger partial charge < -0.3 is 20.1 Å². The zero-order valence-electron chi connectivity index (χ0n) is 14.0. The molecule has 1 aromatic carbocycles. The molecule has 130 valence electrons. The number of aromatic hydroxyl groups is 1. The van der Waals surface area contributed by atoms with Crippen LogP contribution in [-0.4, -0.2) is 39.6 Å². The quantitative estimate of drug-likeness (QED) is 0.624. The minimum atomic E-state index is -1.22. The highest BCUT2D eigenvalue weighted by atomic mass is 79.9. The maximum atomic E-state index is 10.9. The topological polar surface area (TPSA) is 87.0 Å². The van der Waals surface area contributed by atoms with Gasteiger partial charge in [-0.2, -0.15) is 0 Å². The average molecular weight is 389 g/mol. The van der Waals surface area contributed by atoms with Crippen molar-refractivity contribution in [2.45, 2.75) is 58.2 Å². The summed E-state index contributed by atoms with van der Waals surface area (Å²) < 4.78 is 5.57. The molecule has 0 spiro atoms. The number of carbonyl (C=O) groups excluding carboxylic acids is 1. The van der Waals surface area contributed by atoms with Crippen molar-refractivity contribution in [3.05, 3.63) is 27.7 Å². The highest BCUT2D eigenvalue weighted by molar-refractivity contribution is 9.10. The van der Waals surface area contributed by atoms with E-state index in [1.165, 1.54) is 6.92 Å². The Morgan fingerprint density at radius 2 is 2.00 bits per heavy atom. The van der Waals surface area contributed by atoms with Gasteiger partial charge in [-0.25, -0.2) is 0 Å². The van der Waals surface area contributed by atoms with E-state index in [-0.39, 0.29) is 24.2 Å². The average Bonchev–Trinajstić information content (AvgIpc) is 2.41. The number of carbonyl (C=O) groups is 1. The fraction of sp³-hybridized carbons (Fsp3) is 0.588. The van der Waals surface area contributed by atoms with Crippen LogP contribution in [0.2, 0.25) is 0 Å². The molecule has 5 nitrogen and oxygen atoms in total. The minimum Gasteiger partial charge on any atom is -0.506 e. The van der Waals surface area contributed by atoms with Crippen molar-refractivity contribution >= 4 is 21.9 Å². The Kier molecular flexibility index (Phi) is 7.04. The van der Waals surface area contributed by atoms with Crippen molar-refractivity contribution in [2.75, 3.05) is 6.61 Å². The minimum absolute atomic E-state index is 0.119. The number of aliphatic hydroxyl groups is 2. The van der Waals surface area contributed by atoms with Crippen LogP contribution in [0.15, 0.2) is 16.6 Å². The molecule has 0 heterocycles. The first-order valence-electron chi connectivity index (χ1n) is 7.55. The lowest BCUT2D eigenvalue weighted by Gasteiger charge is -2.29. The summed E-state index contributed by atoms with van der Waals surface area (Å²) >= 11 is 3.32. The lowest BCUT2D eigenvalue weighted by Crippen LogP contribution is -2.37. The van der Waals surface area contributed by atoms with Crippen LogP contribution in [0.4, 0.5) is 0 Å². The first-order chi connectivity index (χ1) is 10.5. The monoisotopic (exact) mass is 388 g/mol. The number of aliphatic hydroxyl groups excluding tert-OH is 1. The fourth-order valence-electron chi connectivity index (χ4n) is 2.32. The third-order valence-electron chi connectivity index (χ3n) is 3.84. The van der Waals surface area contributed by atoms with Crippen LogP contribution in [0, 0.1) is 6.92 Å². The Bertz CT molecular complexity index is 527. The SMILES string of the molecule is CC(=O)OCC[C@H](CC(O)C(C)(C)O)c1cc(C)c(O)c(Br)c1. The predicted octanol–water partition coefficient (Wildman–Crippen LogP) is 3.02. The summed E-state index contributed by atoms with van der Waals surface area (Å²) in [5.74, 6) is -0.295. The predicted molar refractivity (Wildman–Crippen MR) is 91.5 cm³/mol. The number of benzene rings is 1. The van der Waals surface area contributed by atoms with Crippen molar-refractivity contribution < 1.29 is 24.9 Å². The molecule has 1 aromatic rings. The molecule has 0 radical (unpaired) electrons. The Morgan fingerprint density at radius 3 is 2.48 bits per heavy atom. The Hall–Kier alpha value is -1.11. The summed E-state index contributed by atoms with van der Waals surface area (Å²) in [5, 5.41) is 30.0. The number of rotatable bonds is 7. The van der Waals surface area contributed by atoms with E-state index in [1.54, 1.807) is 26.8 Å². The molecule has 0 bridgehead atoms. The summed E-state index contributed by atoms with van der Waals surface area (Å²) in [7, 11) is 0. The van der Waals surface area contributed by atoms with Gasteiger partial charge in [-0.15, -0.1) is 0 Å². The molecule has 0 amide bonds. The van der Waals surface area contributed by atoms with Crippen LogP contribution in [0.3, 0.4) is 0 Å². The molecular weight excluding hydrogens is 364 g/mol. The molecule has 23 heavy (non-hydrogen) atoms. The zero-order chi connectivity index (χ0) is 17.8. The number of hydrogen-bond acceptors (Lipinski definition) is 5. The van der Waals surface area contributed by atoms with Gasteiger partial charge in [0.25, 0.3) is 0 Å². The first-order valence-corrected chi connectivity index (χ1v) is 8.34. The molecular formula is C17H25BrO5. The fourth-order valence-corrected chi connectivity index (χ4v) is 2.90. The maximum Gasteiger partial charge on any atom is 0.302 e. The van der Waals surface area contributed by atoms with Gasteiger partial charge in [-0.3, -0.25) is 4.79 Å². The van der Waals surface area contributed by atoms with E-state index in [4.69, 9.17) is 4.74 Å². The van der Waals surface area contributed by atoms with Crippen LogP contribution in [0.1, 0.15) is 50.7 Å². The standard InChI is InChI=1S/C17H25BrO5/c1-10-7-13(8-14(18)16(10)21)12(5-6-23-11(2)19)9-15(20)17(3,4)22/h7-8,12,15,20-22H,5-6,9H2,1-4H3/t12-,15?/m1/s1. The largest absolute Gasteiger partial charge is 0.506 e. The van der Waals surface area contributed by atoms with Gasteiger partial charge in [0.2, 0.25) is 0 Å². The van der Waals surface area contributed by atoms with Gasteiger partial charge in [0.15, 0.2) is 0 Å². The normalized spacial score (nSPS) is 14.4. The number of esters is 1. The smallest absolute Gasteiger partial charge is 0.302 e. The second-order valence-electron chi connectivity index (χ2n) is 6.40. The van der Waals surface area contributed by atoms with Crippen molar-refractivity contribution in [1.82, 2.24) is 0 Å². The van der Waals surface area contributed by atoms with Crippen molar-refractivity contribution in [2.24, 2.45) is 0 Å². The molecule has 0 aliphatic heterocycles. The Morgan fingerprint density at radius 1 is 1.39 bits per heavy atom. The molecule has 1 unspecified atom stereocenters. The number of phenolic OH excluding ortho intramolecular Hbond substituents is 1. The van der Waals surface area contributed by atoms with Crippen LogP contribution >= 0.6 is 15.9 Å². The van der Waals surface area contributed by atoms with E-state index >= 15 is 0 Å². The first kappa shape index (κ1) is 19.9. The van der Waals surface area contributed by atoms with E-state index in [9.17, 15) is 20.1 Å². The molecule has 0 saturated heterocycles. The van der Waals surface area contributed by atoms with Gasteiger partial charge in [0.05, 0.1) is 22.8 Å². The van der Waals surface area contributed by atoms with Crippen LogP contribution in [0.25, 0.3) is 0 Å². The van der Waals surface area contributed by atoms with Crippen LogP contribution in [-0.2, 0) is 9.53 Å². The lowest BCUT2D eigenvalue weighted by atomic mass is 9.85. The van der Waals surface area contributed by atoms with Crippen molar-refractivity contribution in [3.8, 4) is 5.75 Å². The van der Waals surface area contributed by atoms with Gasteiger partial charge in [0, 0.05) is 6.92 Å². The molecule has 0 aromatic heterocycles. The second-order valence-corrected chi connectivity index (χ2v) is 7.25. The summed E-state index contributed by atoms with van der Waals surface area (Å²) in [5.41, 5.74) is 0.398. The molecule has 3 N–H and O–H groups in total.